The Kier molecular flexibility index (Phi) is 4.22. The first kappa shape index (κ1) is 14.0. The van der Waals surface area contributed by atoms with Crippen molar-refractivity contribution < 1.29 is 14.4 Å². The second-order valence-electron chi connectivity index (χ2n) is 5.33. The maximum atomic E-state index is 12.2. The van der Waals surface area contributed by atoms with E-state index in [1.54, 1.807) is 4.90 Å². The highest BCUT2D eigenvalue weighted by Crippen LogP contribution is 2.37. The summed E-state index contributed by atoms with van der Waals surface area (Å²) in [5.41, 5.74) is 0. The Labute approximate surface area is 113 Å². The summed E-state index contributed by atoms with van der Waals surface area (Å²) in [4.78, 5) is 39.3. The Morgan fingerprint density at radius 3 is 2.00 bits per heavy atom. The lowest BCUT2D eigenvalue weighted by atomic mass is 9.81. The number of likely N-dealkylation sites (N-methyl/N-ethyl adjacent to an activating group) is 1. The highest BCUT2D eigenvalue weighted by atomic mass is 16.2. The van der Waals surface area contributed by atoms with Gasteiger partial charge in [0.15, 0.2) is 0 Å². The minimum atomic E-state index is -0.161. The fourth-order valence-electron chi connectivity index (χ4n) is 3.20. The van der Waals surface area contributed by atoms with Gasteiger partial charge >= 0.3 is 0 Å². The number of nitrogens with zero attached hydrogens (tertiary/aromatic N) is 2. The predicted molar refractivity (Wildman–Crippen MR) is 70.1 cm³/mol. The van der Waals surface area contributed by atoms with Crippen LogP contribution < -0.4 is 0 Å². The molecule has 0 aromatic rings. The van der Waals surface area contributed by atoms with Crippen molar-refractivity contribution >= 4 is 17.7 Å². The minimum Gasteiger partial charge on any atom is -0.342 e. The van der Waals surface area contributed by atoms with Gasteiger partial charge in [-0.05, 0) is 26.7 Å². The zero-order chi connectivity index (χ0) is 14.0. The number of hydrogen-bond donors (Lipinski definition) is 0. The molecule has 2 atom stereocenters. The SMILES string of the molecule is CCN(CC)C(=O)CN1C(=O)[C@H]2CCCC[C@H]2C1=O. The predicted octanol–water partition coefficient (Wildman–Crippen LogP) is 1.03. The van der Waals surface area contributed by atoms with E-state index >= 15 is 0 Å². The number of imide groups is 1. The third-order valence-electron chi connectivity index (χ3n) is 4.34. The molecule has 5 heteroatoms. The van der Waals surface area contributed by atoms with Crippen LogP contribution in [0, 0.1) is 11.8 Å². The molecule has 5 nitrogen and oxygen atoms in total. The molecule has 1 aliphatic carbocycles. The Morgan fingerprint density at radius 1 is 1.11 bits per heavy atom. The first-order valence-corrected chi connectivity index (χ1v) is 7.23. The standard InChI is InChI=1S/C14H22N2O3/c1-3-15(4-2)12(17)9-16-13(18)10-7-5-6-8-11(10)14(16)19/h10-11H,3-9H2,1-2H3/t10-,11+. The van der Waals surface area contributed by atoms with Crippen molar-refractivity contribution in [3.63, 3.8) is 0 Å². The van der Waals surface area contributed by atoms with Gasteiger partial charge in [-0.1, -0.05) is 12.8 Å². The topological polar surface area (TPSA) is 57.7 Å². The van der Waals surface area contributed by atoms with Gasteiger partial charge in [-0.3, -0.25) is 19.3 Å². The summed E-state index contributed by atoms with van der Waals surface area (Å²) >= 11 is 0. The van der Waals surface area contributed by atoms with Crippen LogP contribution in [0.1, 0.15) is 39.5 Å². The highest BCUT2D eigenvalue weighted by molar-refractivity contribution is 6.07. The lowest BCUT2D eigenvalue weighted by Gasteiger charge is -2.22. The number of likely N-dealkylation sites (tertiary alicyclic amines) is 1. The first-order chi connectivity index (χ1) is 9.10. The molecular weight excluding hydrogens is 244 g/mol. The molecule has 1 heterocycles. The summed E-state index contributed by atoms with van der Waals surface area (Å²) in [6.45, 7) is 4.94. The molecule has 1 saturated heterocycles. The number of rotatable bonds is 4. The van der Waals surface area contributed by atoms with Crippen molar-refractivity contribution in [1.29, 1.82) is 0 Å². The smallest absolute Gasteiger partial charge is 0.242 e. The van der Waals surface area contributed by atoms with Gasteiger partial charge in [-0.2, -0.15) is 0 Å². The summed E-state index contributed by atoms with van der Waals surface area (Å²) < 4.78 is 0. The average Bonchev–Trinajstić information content (AvgIpc) is 2.66. The summed E-state index contributed by atoms with van der Waals surface area (Å²) in [6.07, 6.45) is 3.62. The van der Waals surface area contributed by atoms with Crippen LogP contribution in [0.3, 0.4) is 0 Å². The van der Waals surface area contributed by atoms with Gasteiger partial charge in [0.2, 0.25) is 17.7 Å². The van der Waals surface area contributed by atoms with Crippen LogP contribution in [-0.4, -0.2) is 47.2 Å². The number of fused-ring (bicyclic) bond motifs is 1. The molecule has 0 radical (unpaired) electrons. The fraction of sp³-hybridized carbons (Fsp3) is 0.786. The van der Waals surface area contributed by atoms with Gasteiger partial charge in [-0.25, -0.2) is 0 Å². The van der Waals surface area contributed by atoms with Crippen LogP contribution >= 0.6 is 0 Å². The summed E-state index contributed by atoms with van der Waals surface area (Å²) in [5.74, 6) is -0.715. The van der Waals surface area contributed by atoms with Gasteiger partial charge in [0.05, 0.1) is 11.8 Å². The molecular formula is C14H22N2O3. The molecule has 0 aromatic heterocycles. The van der Waals surface area contributed by atoms with Crippen molar-refractivity contribution in [3.8, 4) is 0 Å². The highest BCUT2D eigenvalue weighted by Gasteiger charge is 2.48. The molecule has 106 valence electrons. The van der Waals surface area contributed by atoms with Crippen LogP contribution in [-0.2, 0) is 14.4 Å². The molecule has 19 heavy (non-hydrogen) atoms. The molecule has 2 rings (SSSR count). The number of amides is 3. The van der Waals surface area contributed by atoms with Gasteiger partial charge in [0, 0.05) is 13.1 Å². The van der Waals surface area contributed by atoms with E-state index in [1.165, 1.54) is 4.90 Å². The summed E-state index contributed by atoms with van der Waals surface area (Å²) in [6, 6.07) is 0. The van der Waals surface area contributed by atoms with Gasteiger partial charge < -0.3 is 4.90 Å². The van der Waals surface area contributed by atoms with Crippen molar-refractivity contribution in [2.45, 2.75) is 39.5 Å². The Hall–Kier alpha value is -1.39. The molecule has 3 amide bonds. The third-order valence-corrected chi connectivity index (χ3v) is 4.34. The van der Waals surface area contributed by atoms with Crippen LogP contribution in [0.25, 0.3) is 0 Å². The Bertz CT molecular complexity index is 366. The number of hydrogen-bond acceptors (Lipinski definition) is 3. The molecule has 2 aliphatic rings. The second kappa shape index (κ2) is 5.72. The van der Waals surface area contributed by atoms with Crippen molar-refractivity contribution in [2.24, 2.45) is 11.8 Å². The molecule has 0 aromatic carbocycles. The van der Waals surface area contributed by atoms with Crippen molar-refractivity contribution in [2.75, 3.05) is 19.6 Å². The van der Waals surface area contributed by atoms with Crippen molar-refractivity contribution in [1.82, 2.24) is 9.80 Å². The van der Waals surface area contributed by atoms with E-state index in [0.29, 0.717) is 13.1 Å². The van der Waals surface area contributed by atoms with Crippen LogP contribution in [0.15, 0.2) is 0 Å². The van der Waals surface area contributed by atoms with E-state index < -0.39 is 0 Å². The zero-order valence-electron chi connectivity index (χ0n) is 11.7. The Balaban J connectivity index is 2.06. The lowest BCUT2D eigenvalue weighted by Crippen LogP contribution is -2.43. The van der Waals surface area contributed by atoms with E-state index in [9.17, 15) is 14.4 Å². The normalized spacial score (nSPS) is 26.5. The quantitative estimate of drug-likeness (QED) is 0.714. The fourth-order valence-corrected chi connectivity index (χ4v) is 3.20. The third kappa shape index (κ3) is 2.51. The van der Waals surface area contributed by atoms with Crippen LogP contribution in [0.2, 0.25) is 0 Å². The largest absolute Gasteiger partial charge is 0.342 e. The zero-order valence-corrected chi connectivity index (χ0v) is 11.7. The maximum Gasteiger partial charge on any atom is 0.242 e. The molecule has 2 fully saturated rings. The first-order valence-electron chi connectivity index (χ1n) is 7.23. The van der Waals surface area contributed by atoms with E-state index in [0.717, 1.165) is 25.7 Å². The molecule has 1 aliphatic heterocycles. The van der Waals surface area contributed by atoms with E-state index in [1.807, 2.05) is 13.8 Å². The van der Waals surface area contributed by atoms with Crippen LogP contribution in [0.4, 0.5) is 0 Å². The lowest BCUT2D eigenvalue weighted by molar-refractivity contribution is -0.146. The molecule has 1 saturated carbocycles. The van der Waals surface area contributed by atoms with Gasteiger partial charge in [-0.15, -0.1) is 0 Å². The van der Waals surface area contributed by atoms with Gasteiger partial charge in [0.25, 0.3) is 0 Å². The minimum absolute atomic E-state index is 0.0770. The van der Waals surface area contributed by atoms with E-state index in [2.05, 4.69) is 0 Å². The Morgan fingerprint density at radius 2 is 1.58 bits per heavy atom. The van der Waals surface area contributed by atoms with E-state index in [-0.39, 0.29) is 36.1 Å². The van der Waals surface area contributed by atoms with Gasteiger partial charge in [0.1, 0.15) is 6.54 Å². The van der Waals surface area contributed by atoms with Crippen LogP contribution in [0.5, 0.6) is 0 Å². The number of carbonyl (C=O) groups excluding carboxylic acids is 3. The molecule has 0 bridgehead atoms. The average molecular weight is 266 g/mol. The summed E-state index contributed by atoms with van der Waals surface area (Å²) in [7, 11) is 0. The molecule has 0 unspecified atom stereocenters. The van der Waals surface area contributed by atoms with Crippen molar-refractivity contribution in [3.05, 3.63) is 0 Å². The maximum absolute atomic E-state index is 12.2. The second-order valence-corrected chi connectivity index (χ2v) is 5.33. The summed E-state index contributed by atoms with van der Waals surface area (Å²) in [5, 5.41) is 0. The van der Waals surface area contributed by atoms with E-state index in [4.69, 9.17) is 0 Å². The monoisotopic (exact) mass is 266 g/mol. The number of carbonyl (C=O) groups is 3. The molecule has 0 spiro atoms. The molecule has 0 N–H and O–H groups in total.